The number of amides is 1. The first-order chi connectivity index (χ1) is 18.9. The first kappa shape index (κ1) is 28.1. The number of rotatable bonds is 7. The molecule has 1 heterocycles. The van der Waals surface area contributed by atoms with Gasteiger partial charge in [0.25, 0.3) is 5.91 Å². The van der Waals surface area contributed by atoms with E-state index in [9.17, 15) is 22.4 Å². The lowest BCUT2D eigenvalue weighted by atomic mass is 10.00. The third-order valence-corrected chi connectivity index (χ3v) is 9.07. The van der Waals surface area contributed by atoms with Crippen LogP contribution in [0.5, 0.6) is 0 Å². The number of halogens is 3. The molecule has 1 N–H and O–H groups in total. The zero-order valence-corrected chi connectivity index (χ0v) is 24.7. The summed E-state index contributed by atoms with van der Waals surface area (Å²) >= 11 is 9.67. The molecule has 1 amide bonds. The van der Waals surface area contributed by atoms with Crippen LogP contribution >= 0.6 is 27.5 Å². The van der Waals surface area contributed by atoms with Crippen LogP contribution in [0.25, 0.3) is 22.3 Å². The van der Waals surface area contributed by atoms with Crippen molar-refractivity contribution in [1.29, 1.82) is 0 Å². The number of benzene rings is 3. The van der Waals surface area contributed by atoms with E-state index in [1.165, 1.54) is 50.6 Å². The van der Waals surface area contributed by atoms with Crippen LogP contribution < -0.4 is 9.62 Å². The fourth-order valence-corrected chi connectivity index (χ4v) is 6.27. The molecular formula is C28H23BrClFN2O6S. The van der Waals surface area contributed by atoms with Gasteiger partial charge in [0.05, 0.1) is 45.4 Å². The Morgan fingerprint density at radius 1 is 1.15 bits per heavy atom. The van der Waals surface area contributed by atoms with Gasteiger partial charge in [-0.25, -0.2) is 21.9 Å². The van der Waals surface area contributed by atoms with Crippen molar-refractivity contribution in [1.82, 2.24) is 5.32 Å². The van der Waals surface area contributed by atoms with Crippen LogP contribution in [0.3, 0.4) is 0 Å². The Labute approximate surface area is 243 Å². The number of fused-ring (bicyclic) bond motifs is 1. The average Bonchev–Trinajstić information content (AvgIpc) is 3.69. The van der Waals surface area contributed by atoms with E-state index in [1.54, 1.807) is 12.1 Å². The third-order valence-electron chi connectivity index (χ3n) is 6.62. The summed E-state index contributed by atoms with van der Waals surface area (Å²) in [6.07, 6.45) is 2.69. The maximum atomic E-state index is 13.6. The van der Waals surface area contributed by atoms with Crippen molar-refractivity contribution in [2.24, 2.45) is 0 Å². The van der Waals surface area contributed by atoms with E-state index in [0.29, 0.717) is 22.2 Å². The smallest absolute Gasteiger partial charge is 0.339 e. The van der Waals surface area contributed by atoms with Crippen molar-refractivity contribution in [3.8, 4) is 11.3 Å². The summed E-state index contributed by atoms with van der Waals surface area (Å²) in [7, 11) is -1.28. The van der Waals surface area contributed by atoms with Gasteiger partial charge in [0.2, 0.25) is 10.0 Å². The average molecular weight is 650 g/mol. The Bertz CT molecular complexity index is 1790. The molecule has 0 spiro atoms. The lowest BCUT2D eigenvalue weighted by molar-refractivity contribution is 0.0599. The molecule has 0 unspecified atom stereocenters. The van der Waals surface area contributed by atoms with E-state index >= 15 is 0 Å². The maximum absolute atomic E-state index is 13.6. The molecule has 0 bridgehead atoms. The predicted octanol–water partition coefficient (Wildman–Crippen LogP) is 6.78. The van der Waals surface area contributed by atoms with Gasteiger partial charge in [0.1, 0.15) is 17.2 Å². The first-order valence-electron chi connectivity index (χ1n) is 12.1. The lowest BCUT2D eigenvalue weighted by Crippen LogP contribution is -2.26. The summed E-state index contributed by atoms with van der Waals surface area (Å²) in [5.74, 6) is -1.29. The van der Waals surface area contributed by atoms with Gasteiger partial charge in [-0.2, -0.15) is 0 Å². The molecule has 1 aromatic heterocycles. The predicted molar refractivity (Wildman–Crippen MR) is 154 cm³/mol. The number of nitrogens with zero attached hydrogens (tertiary/aromatic N) is 1. The van der Waals surface area contributed by atoms with Crippen LogP contribution in [-0.2, 0) is 14.8 Å². The molecule has 3 aromatic carbocycles. The van der Waals surface area contributed by atoms with Gasteiger partial charge in [-0.05, 0) is 82.7 Å². The van der Waals surface area contributed by atoms with Gasteiger partial charge >= 0.3 is 5.97 Å². The highest BCUT2D eigenvalue weighted by molar-refractivity contribution is 9.10. The SMILES string of the molecule is CNC(=O)c1c(-c2ccc(F)cc2)oc2cc(N(c3cc(Cl)c(Br)c(C(=O)OC)c3)S(C)(=O)=O)c(C3CC3)cc12. The minimum Gasteiger partial charge on any atom is -0.465 e. The van der Waals surface area contributed by atoms with Crippen LogP contribution in [-0.4, -0.2) is 40.7 Å². The second kappa shape index (κ2) is 10.5. The van der Waals surface area contributed by atoms with E-state index in [-0.39, 0.29) is 43.6 Å². The molecule has 0 aliphatic heterocycles. The quantitative estimate of drug-likeness (QED) is 0.222. The van der Waals surface area contributed by atoms with E-state index in [2.05, 4.69) is 21.2 Å². The van der Waals surface area contributed by atoms with Crippen molar-refractivity contribution in [2.75, 3.05) is 24.7 Å². The monoisotopic (exact) mass is 648 g/mol. The summed E-state index contributed by atoms with van der Waals surface area (Å²) < 4.78 is 52.6. The zero-order valence-electron chi connectivity index (χ0n) is 21.5. The van der Waals surface area contributed by atoms with Crippen molar-refractivity contribution in [3.05, 3.63) is 80.5 Å². The number of esters is 1. The summed E-state index contributed by atoms with van der Waals surface area (Å²) in [5, 5.41) is 3.22. The number of methoxy groups -OCH3 is 1. The van der Waals surface area contributed by atoms with Gasteiger partial charge in [0.15, 0.2) is 0 Å². The molecule has 208 valence electrons. The van der Waals surface area contributed by atoms with Crippen LogP contribution in [0.1, 0.15) is 45.0 Å². The standard InChI is InChI=1S/C28H23BrClFN2O6S/c1-32-27(34)24-19-12-18(14-4-5-14)22(13-23(19)39-26(24)15-6-8-16(31)9-7-15)33(40(3,36)37)17-10-20(28(35)38-2)25(29)21(30)11-17/h6-14H,4-5H2,1-3H3,(H,32,34). The molecule has 8 nitrogen and oxygen atoms in total. The number of nitrogens with one attached hydrogen (secondary N) is 1. The molecule has 1 saturated carbocycles. The van der Waals surface area contributed by atoms with Gasteiger partial charge < -0.3 is 14.5 Å². The summed E-state index contributed by atoms with van der Waals surface area (Å²) in [4.78, 5) is 25.5. The fraction of sp³-hybridized carbons (Fsp3) is 0.214. The Balaban J connectivity index is 1.81. The van der Waals surface area contributed by atoms with Crippen molar-refractivity contribution >= 4 is 71.8 Å². The van der Waals surface area contributed by atoms with E-state index in [4.69, 9.17) is 20.8 Å². The number of hydrogen-bond donors (Lipinski definition) is 1. The number of carbonyl (C=O) groups is 2. The summed E-state index contributed by atoms with van der Waals surface area (Å²) in [6, 6.07) is 11.7. The van der Waals surface area contributed by atoms with Crippen LogP contribution in [0.4, 0.5) is 15.8 Å². The molecule has 1 aliphatic rings. The number of hydrogen-bond acceptors (Lipinski definition) is 6. The van der Waals surface area contributed by atoms with Crippen molar-refractivity contribution in [3.63, 3.8) is 0 Å². The van der Waals surface area contributed by atoms with Gasteiger partial charge in [-0.1, -0.05) is 11.6 Å². The third kappa shape index (κ3) is 5.09. The molecule has 0 saturated heterocycles. The van der Waals surface area contributed by atoms with Crippen LogP contribution in [0.2, 0.25) is 5.02 Å². The topological polar surface area (TPSA) is 106 Å². The molecule has 1 fully saturated rings. The maximum Gasteiger partial charge on any atom is 0.339 e. The van der Waals surface area contributed by atoms with Gasteiger partial charge in [-0.15, -0.1) is 0 Å². The molecule has 0 radical (unpaired) electrons. The van der Waals surface area contributed by atoms with E-state index in [0.717, 1.165) is 23.4 Å². The van der Waals surface area contributed by atoms with Crippen LogP contribution in [0, 0.1) is 5.82 Å². The summed E-state index contributed by atoms with van der Waals surface area (Å²) in [6.45, 7) is 0. The molecule has 1 aliphatic carbocycles. The molecule has 40 heavy (non-hydrogen) atoms. The highest BCUT2D eigenvalue weighted by Gasteiger charge is 2.34. The second-order valence-corrected chi connectivity index (χ2v) is 12.4. The minimum absolute atomic E-state index is 0.0383. The highest BCUT2D eigenvalue weighted by Crippen LogP contribution is 2.50. The molecule has 0 atom stereocenters. The number of anilines is 2. The van der Waals surface area contributed by atoms with E-state index in [1.807, 2.05) is 0 Å². The Kier molecular flexibility index (Phi) is 7.41. The van der Waals surface area contributed by atoms with E-state index < -0.39 is 27.7 Å². The number of carbonyl (C=O) groups excluding carboxylic acids is 2. The number of ether oxygens (including phenoxy) is 1. The molecule has 4 aromatic rings. The molecule has 12 heteroatoms. The van der Waals surface area contributed by atoms with Gasteiger partial charge in [-0.3, -0.25) is 4.79 Å². The molecule has 5 rings (SSSR count). The second-order valence-electron chi connectivity index (χ2n) is 9.38. The highest BCUT2D eigenvalue weighted by atomic mass is 79.9. The first-order valence-corrected chi connectivity index (χ1v) is 15.1. The van der Waals surface area contributed by atoms with Crippen LogP contribution in [0.15, 0.2) is 57.4 Å². The normalized spacial score (nSPS) is 13.3. The van der Waals surface area contributed by atoms with Crippen molar-refractivity contribution < 1.29 is 31.6 Å². The lowest BCUT2D eigenvalue weighted by Gasteiger charge is -2.26. The zero-order chi connectivity index (χ0) is 28.9. The Morgan fingerprint density at radius 3 is 2.40 bits per heavy atom. The fourth-order valence-electron chi connectivity index (χ4n) is 4.66. The Morgan fingerprint density at radius 2 is 1.82 bits per heavy atom. The largest absolute Gasteiger partial charge is 0.465 e. The number of sulfonamides is 1. The Hall–Kier alpha value is -3.41. The van der Waals surface area contributed by atoms with Crippen molar-refractivity contribution in [2.45, 2.75) is 18.8 Å². The van der Waals surface area contributed by atoms with Gasteiger partial charge in [0, 0.05) is 24.1 Å². The summed E-state index contributed by atoms with van der Waals surface area (Å²) in [5.41, 5.74) is 2.14. The molecular weight excluding hydrogens is 627 g/mol. The minimum atomic E-state index is -3.98. The number of furan rings is 1.